The Hall–Kier alpha value is -3.26. The van der Waals surface area contributed by atoms with E-state index < -0.39 is 5.82 Å². The highest BCUT2D eigenvalue weighted by Gasteiger charge is 2.24. The van der Waals surface area contributed by atoms with Crippen molar-refractivity contribution in [2.75, 3.05) is 32.2 Å². The Morgan fingerprint density at radius 1 is 1.07 bits per heavy atom. The molecule has 0 fully saturated rings. The molecule has 4 rings (SSSR count). The number of anilines is 1. The standard InChI is InChI=1S/C19H17FN2O5/c20-12-9-11(21)1-2-14(12)27-15-3-4-22-13-10-16(24-6-5-23)18-19(17(13)15)26-8-7-25-18/h1-4,9-10,23H,5-8,21H2. The zero-order valence-corrected chi connectivity index (χ0v) is 14.3. The van der Waals surface area contributed by atoms with Crippen LogP contribution in [0, 0.1) is 5.82 Å². The van der Waals surface area contributed by atoms with Gasteiger partial charge in [0.05, 0.1) is 17.5 Å². The topological polar surface area (TPSA) is 96.1 Å². The van der Waals surface area contributed by atoms with E-state index in [4.69, 9.17) is 29.8 Å². The maximum Gasteiger partial charge on any atom is 0.204 e. The van der Waals surface area contributed by atoms with Gasteiger partial charge in [-0.25, -0.2) is 4.39 Å². The molecule has 0 saturated carbocycles. The Balaban J connectivity index is 1.84. The van der Waals surface area contributed by atoms with Crippen molar-refractivity contribution in [2.45, 2.75) is 0 Å². The molecule has 1 aliphatic heterocycles. The second kappa shape index (κ2) is 7.16. The lowest BCUT2D eigenvalue weighted by Crippen LogP contribution is -2.17. The van der Waals surface area contributed by atoms with Crippen LogP contribution in [0.4, 0.5) is 10.1 Å². The highest BCUT2D eigenvalue weighted by molar-refractivity contribution is 5.95. The number of fused-ring (bicyclic) bond motifs is 3. The number of ether oxygens (including phenoxy) is 4. The third-order valence-electron chi connectivity index (χ3n) is 3.97. The van der Waals surface area contributed by atoms with Gasteiger partial charge in [-0.05, 0) is 18.2 Å². The third-order valence-corrected chi connectivity index (χ3v) is 3.97. The van der Waals surface area contributed by atoms with Gasteiger partial charge in [0.15, 0.2) is 23.1 Å². The first-order valence-corrected chi connectivity index (χ1v) is 8.35. The Morgan fingerprint density at radius 2 is 1.89 bits per heavy atom. The lowest BCUT2D eigenvalue weighted by molar-refractivity contribution is 0.155. The average molecular weight is 372 g/mol. The van der Waals surface area contributed by atoms with Crippen molar-refractivity contribution in [1.82, 2.24) is 4.98 Å². The van der Waals surface area contributed by atoms with Crippen LogP contribution >= 0.6 is 0 Å². The number of hydrogen-bond acceptors (Lipinski definition) is 7. The molecule has 1 aliphatic rings. The van der Waals surface area contributed by atoms with E-state index in [2.05, 4.69) is 4.98 Å². The van der Waals surface area contributed by atoms with E-state index in [0.717, 1.165) is 0 Å². The number of halogens is 1. The summed E-state index contributed by atoms with van der Waals surface area (Å²) < 4.78 is 37.0. The van der Waals surface area contributed by atoms with Crippen molar-refractivity contribution >= 4 is 16.6 Å². The Bertz CT molecular complexity index is 995. The predicted octanol–water partition coefficient (Wildman–Crippen LogP) is 2.89. The summed E-state index contributed by atoms with van der Waals surface area (Å²) in [5.74, 6) is 1.04. The van der Waals surface area contributed by atoms with Gasteiger partial charge >= 0.3 is 0 Å². The molecule has 3 N–H and O–H groups in total. The molecule has 1 aromatic heterocycles. The fourth-order valence-corrected chi connectivity index (χ4v) is 2.84. The molecule has 140 valence electrons. The van der Waals surface area contributed by atoms with Gasteiger partial charge in [-0.1, -0.05) is 0 Å². The molecule has 0 atom stereocenters. The van der Waals surface area contributed by atoms with Crippen LogP contribution in [-0.4, -0.2) is 36.5 Å². The van der Waals surface area contributed by atoms with E-state index >= 15 is 0 Å². The highest BCUT2D eigenvalue weighted by Crippen LogP contribution is 2.48. The highest BCUT2D eigenvalue weighted by atomic mass is 19.1. The summed E-state index contributed by atoms with van der Waals surface area (Å²) in [6, 6.07) is 7.49. The van der Waals surface area contributed by atoms with Crippen molar-refractivity contribution in [3.8, 4) is 28.7 Å². The third kappa shape index (κ3) is 3.26. The molecule has 7 nitrogen and oxygen atoms in total. The molecule has 8 heteroatoms. The van der Waals surface area contributed by atoms with Gasteiger partial charge in [0, 0.05) is 24.0 Å². The molecule has 27 heavy (non-hydrogen) atoms. The van der Waals surface area contributed by atoms with E-state index in [1.165, 1.54) is 12.1 Å². The van der Waals surface area contributed by atoms with Crippen LogP contribution in [0.25, 0.3) is 10.9 Å². The molecule has 0 saturated heterocycles. The van der Waals surface area contributed by atoms with Crippen LogP contribution in [0.3, 0.4) is 0 Å². The van der Waals surface area contributed by atoms with Crippen molar-refractivity contribution in [2.24, 2.45) is 0 Å². The normalized spacial score (nSPS) is 12.8. The van der Waals surface area contributed by atoms with Gasteiger partial charge in [-0.15, -0.1) is 0 Å². The first-order chi connectivity index (χ1) is 13.2. The zero-order valence-electron chi connectivity index (χ0n) is 14.3. The molecule has 0 spiro atoms. The van der Waals surface area contributed by atoms with Crippen LogP contribution in [-0.2, 0) is 0 Å². The fraction of sp³-hybridized carbons (Fsp3) is 0.211. The number of nitrogens with two attached hydrogens (primary N) is 1. The molecule has 2 heterocycles. The lowest BCUT2D eigenvalue weighted by atomic mass is 10.1. The zero-order chi connectivity index (χ0) is 18.8. The van der Waals surface area contributed by atoms with Crippen molar-refractivity contribution in [1.29, 1.82) is 0 Å². The minimum Gasteiger partial charge on any atom is -0.487 e. The minimum atomic E-state index is -0.575. The van der Waals surface area contributed by atoms with Gasteiger partial charge in [-0.3, -0.25) is 4.98 Å². The van der Waals surface area contributed by atoms with E-state index in [9.17, 15) is 4.39 Å². The van der Waals surface area contributed by atoms with Crippen LogP contribution < -0.4 is 24.7 Å². The minimum absolute atomic E-state index is 0.0304. The summed E-state index contributed by atoms with van der Waals surface area (Å²) in [4.78, 5) is 4.33. The molecule has 0 bridgehead atoms. The lowest BCUT2D eigenvalue weighted by Gasteiger charge is -2.23. The first kappa shape index (κ1) is 17.2. The molecule has 0 unspecified atom stereocenters. The second-order valence-electron chi connectivity index (χ2n) is 5.80. The van der Waals surface area contributed by atoms with Gasteiger partial charge in [0.1, 0.15) is 25.6 Å². The average Bonchev–Trinajstić information content (AvgIpc) is 2.68. The Morgan fingerprint density at radius 3 is 2.67 bits per heavy atom. The molecular weight excluding hydrogens is 355 g/mol. The van der Waals surface area contributed by atoms with E-state index in [1.807, 2.05) is 0 Å². The quantitative estimate of drug-likeness (QED) is 0.665. The Kier molecular flexibility index (Phi) is 4.55. The number of nitrogen functional groups attached to an aromatic ring is 1. The number of aliphatic hydroxyl groups is 1. The number of hydrogen-bond donors (Lipinski definition) is 2. The largest absolute Gasteiger partial charge is 0.487 e. The van der Waals surface area contributed by atoms with Crippen LogP contribution in [0.15, 0.2) is 36.5 Å². The number of benzene rings is 2. The van der Waals surface area contributed by atoms with Crippen molar-refractivity contribution in [3.63, 3.8) is 0 Å². The smallest absolute Gasteiger partial charge is 0.204 e. The maximum atomic E-state index is 14.2. The predicted molar refractivity (Wildman–Crippen MR) is 96.2 cm³/mol. The molecule has 0 radical (unpaired) electrons. The summed E-state index contributed by atoms with van der Waals surface area (Å²) in [5, 5.41) is 9.56. The van der Waals surface area contributed by atoms with Gasteiger partial charge in [0.25, 0.3) is 0 Å². The van der Waals surface area contributed by atoms with E-state index in [0.29, 0.717) is 52.8 Å². The SMILES string of the molecule is Nc1ccc(Oc2ccnc3cc(OCCO)c4c(c23)OCCO4)c(F)c1. The van der Waals surface area contributed by atoms with Crippen molar-refractivity contribution in [3.05, 3.63) is 42.3 Å². The molecular formula is C19H17FN2O5. The number of nitrogens with zero attached hydrogens (tertiary/aromatic N) is 1. The van der Waals surface area contributed by atoms with Gasteiger partial charge < -0.3 is 29.8 Å². The van der Waals surface area contributed by atoms with E-state index in [-0.39, 0.29) is 19.0 Å². The maximum absolute atomic E-state index is 14.2. The molecule has 3 aromatic rings. The fourth-order valence-electron chi connectivity index (χ4n) is 2.84. The summed E-state index contributed by atoms with van der Waals surface area (Å²) in [5.41, 5.74) is 6.42. The van der Waals surface area contributed by atoms with Gasteiger partial charge in [-0.2, -0.15) is 0 Å². The molecule has 2 aromatic carbocycles. The Labute approximate surface area is 154 Å². The van der Waals surface area contributed by atoms with Crippen LogP contribution in [0.2, 0.25) is 0 Å². The monoisotopic (exact) mass is 372 g/mol. The number of rotatable bonds is 5. The second-order valence-corrected chi connectivity index (χ2v) is 5.80. The number of pyridine rings is 1. The van der Waals surface area contributed by atoms with Crippen molar-refractivity contribution < 1.29 is 28.4 Å². The number of aliphatic hydroxyl groups excluding tert-OH is 1. The summed E-state index contributed by atoms with van der Waals surface area (Å²) >= 11 is 0. The summed E-state index contributed by atoms with van der Waals surface area (Å²) in [6.07, 6.45) is 1.54. The molecule has 0 aliphatic carbocycles. The van der Waals surface area contributed by atoms with Crippen LogP contribution in [0.5, 0.6) is 28.7 Å². The summed E-state index contributed by atoms with van der Waals surface area (Å²) in [6.45, 7) is 0.669. The number of aromatic nitrogens is 1. The molecule has 0 amide bonds. The van der Waals surface area contributed by atoms with E-state index in [1.54, 1.807) is 24.4 Å². The first-order valence-electron chi connectivity index (χ1n) is 8.35. The van der Waals surface area contributed by atoms with Crippen LogP contribution in [0.1, 0.15) is 0 Å². The van der Waals surface area contributed by atoms with Gasteiger partial charge in [0.2, 0.25) is 5.75 Å². The summed E-state index contributed by atoms with van der Waals surface area (Å²) in [7, 11) is 0.